The highest BCUT2D eigenvalue weighted by atomic mass is 16.8. The Morgan fingerprint density at radius 3 is 0.978 bits per heavy atom. The normalized spacial score (nSPS) is 19.6. The Bertz CT molecular complexity index is 6820. The summed E-state index contributed by atoms with van der Waals surface area (Å²) in [4.78, 5) is 149. The van der Waals surface area contributed by atoms with Gasteiger partial charge in [0.2, 0.25) is 76.5 Å². The van der Waals surface area contributed by atoms with Crippen molar-refractivity contribution in [3.05, 3.63) is 134 Å². The molecule has 29 N–H and O–H groups in total. The van der Waals surface area contributed by atoms with E-state index in [2.05, 4.69) is 0 Å². The second kappa shape index (κ2) is 32.9. The van der Waals surface area contributed by atoms with Crippen molar-refractivity contribution in [3.63, 3.8) is 0 Å². The largest absolute Gasteiger partial charge is 0.504 e. The van der Waals surface area contributed by atoms with Gasteiger partial charge in [0.1, 0.15) is 36.5 Å². The van der Waals surface area contributed by atoms with Gasteiger partial charge >= 0.3 is 59.7 Å². The van der Waals surface area contributed by atoms with Crippen LogP contribution in [0.5, 0.6) is 178 Å². The van der Waals surface area contributed by atoms with E-state index in [1.165, 1.54) is 0 Å². The fraction of sp³-hybridized carbons (Fsp3) is 0.146. The maximum Gasteiger partial charge on any atom is 0.344 e. The minimum Gasteiger partial charge on any atom is -0.504 e. The zero-order valence-corrected chi connectivity index (χ0v) is 65.6. The van der Waals surface area contributed by atoms with E-state index in [0.717, 1.165) is 0 Å². The molecule has 0 aromatic heterocycles. The maximum absolute atomic E-state index is 15.4. The number of benzene rings is 10. The predicted molar refractivity (Wildman–Crippen MR) is 414 cm³/mol. The zero-order valence-electron chi connectivity index (χ0n) is 65.6. The molecule has 0 aliphatic carbocycles. The molecule has 696 valence electrons. The molecule has 15 rings (SSSR count). The summed E-state index contributed by atoms with van der Waals surface area (Å²) in [6.07, 6.45) is -28.6. The molecule has 5 heterocycles. The van der Waals surface area contributed by atoms with Crippen LogP contribution < -0.4 is 4.74 Å². The van der Waals surface area contributed by atoms with E-state index in [0.29, 0.717) is 42.5 Å². The molecule has 0 unspecified atom stereocenters. The molecule has 0 saturated carbocycles. The van der Waals surface area contributed by atoms with Crippen molar-refractivity contribution in [1.29, 1.82) is 0 Å². The summed E-state index contributed by atoms with van der Waals surface area (Å²) in [6.45, 7) is -3.13. The Balaban J connectivity index is 0.840. The lowest BCUT2D eigenvalue weighted by Crippen LogP contribution is -2.63. The molecule has 10 atom stereocenters. The van der Waals surface area contributed by atoms with E-state index >= 15 is 24.0 Å². The number of rotatable bonds is 10. The summed E-state index contributed by atoms with van der Waals surface area (Å²) in [5, 5.41) is 318. The maximum atomic E-state index is 15.4. The topological polar surface area (TPSA) is 877 Å². The Kier molecular flexibility index (Phi) is 22.0. The van der Waals surface area contributed by atoms with Crippen LogP contribution in [0.4, 0.5) is 0 Å². The fourth-order valence-corrected chi connectivity index (χ4v) is 14.5. The van der Waals surface area contributed by atoms with Crippen molar-refractivity contribution in [1.82, 2.24) is 0 Å². The number of carbonyl (C=O) groups is 10. The van der Waals surface area contributed by atoms with Crippen LogP contribution in [0.15, 0.2) is 78.9 Å². The lowest BCUT2D eigenvalue weighted by Gasteiger charge is -2.44. The molecule has 5 aliphatic rings. The van der Waals surface area contributed by atoms with E-state index in [1.807, 2.05) is 0 Å². The summed E-state index contributed by atoms with van der Waals surface area (Å²) in [6, 6.07) is 3.96. The molecule has 2 saturated heterocycles. The monoisotopic (exact) mass is 1870 g/mol. The highest BCUT2D eigenvalue weighted by molar-refractivity contribution is 6.12. The Morgan fingerprint density at radius 1 is 0.246 bits per heavy atom. The lowest BCUT2D eigenvalue weighted by atomic mass is 9.91. The molecule has 10 aromatic rings. The van der Waals surface area contributed by atoms with Crippen molar-refractivity contribution in [2.24, 2.45) is 0 Å². The summed E-state index contributed by atoms with van der Waals surface area (Å²) in [7, 11) is 0. The highest BCUT2D eigenvalue weighted by Crippen LogP contribution is 2.59. The molecule has 10 aromatic carbocycles. The number of carbonyl (C=O) groups excluding carboxylic acids is 10. The number of hydrogen-bond acceptors (Lipinski definition) is 52. The van der Waals surface area contributed by atoms with Crippen LogP contribution in [0.2, 0.25) is 0 Å². The van der Waals surface area contributed by atoms with Gasteiger partial charge in [-0.15, -0.1) is 0 Å². The van der Waals surface area contributed by atoms with E-state index in [4.69, 9.17) is 61.6 Å². The molecule has 2 fully saturated rings. The van der Waals surface area contributed by atoms with Crippen LogP contribution in [0.1, 0.15) is 104 Å². The van der Waals surface area contributed by atoms with Crippen LogP contribution >= 0.6 is 0 Å². The van der Waals surface area contributed by atoms with Crippen LogP contribution in [-0.2, 0) is 56.8 Å². The minimum absolute atomic E-state index is 0.103. The first kappa shape index (κ1) is 89.6. The van der Waals surface area contributed by atoms with Crippen molar-refractivity contribution in [2.75, 3.05) is 13.2 Å². The number of phenolic OH excluding ortho intramolecular Hbond substituents is 29. The summed E-state index contributed by atoms with van der Waals surface area (Å²) >= 11 is 0. The Labute approximate surface area is 735 Å². The van der Waals surface area contributed by atoms with Crippen LogP contribution in [-0.4, -0.2) is 282 Å². The number of hydrogen-bond donors (Lipinski definition) is 29. The Morgan fingerprint density at radius 2 is 0.545 bits per heavy atom. The lowest BCUT2D eigenvalue weighted by molar-refractivity contribution is -0.283. The summed E-state index contributed by atoms with van der Waals surface area (Å²) in [5.41, 5.74) is -20.0. The Hall–Kier alpha value is -19.2. The number of cyclic esters (lactones) is 2. The first-order valence-electron chi connectivity index (χ1n) is 37.1. The van der Waals surface area contributed by atoms with Crippen molar-refractivity contribution in [2.45, 2.75) is 61.4 Å². The quantitative estimate of drug-likeness (QED) is 0.0527. The van der Waals surface area contributed by atoms with Crippen LogP contribution in [0.3, 0.4) is 0 Å². The predicted octanol–water partition coefficient (Wildman–Crippen LogP) is 3.71. The zero-order chi connectivity index (χ0) is 97.5. The van der Waals surface area contributed by atoms with Gasteiger partial charge in [0.25, 0.3) is 0 Å². The van der Waals surface area contributed by atoms with Crippen molar-refractivity contribution < 1.29 is 258 Å². The third-order valence-electron chi connectivity index (χ3n) is 21.0. The molecule has 5 aliphatic heterocycles. The van der Waals surface area contributed by atoms with Crippen molar-refractivity contribution >= 4 is 59.7 Å². The third-order valence-corrected chi connectivity index (χ3v) is 21.0. The van der Waals surface area contributed by atoms with Gasteiger partial charge in [-0.3, -0.25) is 0 Å². The second-order valence-corrected chi connectivity index (χ2v) is 29.0. The van der Waals surface area contributed by atoms with Gasteiger partial charge in [-0.25, -0.2) is 47.9 Å². The fourth-order valence-electron chi connectivity index (χ4n) is 14.5. The number of ether oxygens (including phenoxy) is 13. The van der Waals surface area contributed by atoms with Crippen LogP contribution in [0, 0.1) is 0 Å². The first-order valence-corrected chi connectivity index (χ1v) is 37.1. The number of fused-ring (bicyclic) bond motifs is 13. The van der Waals surface area contributed by atoms with E-state index in [-0.39, 0.29) is 36.4 Å². The van der Waals surface area contributed by atoms with E-state index in [9.17, 15) is 172 Å². The summed E-state index contributed by atoms with van der Waals surface area (Å²) < 4.78 is 74.4. The van der Waals surface area contributed by atoms with Gasteiger partial charge in [-0.05, 0) is 72.8 Å². The second-order valence-electron chi connectivity index (χ2n) is 29.0. The molecule has 0 bridgehead atoms. The number of aromatic hydroxyl groups is 29. The highest BCUT2D eigenvalue weighted by Gasteiger charge is 2.59. The average Bonchev–Trinajstić information content (AvgIpc) is 1.19. The van der Waals surface area contributed by atoms with Crippen LogP contribution in [0.25, 0.3) is 33.4 Å². The number of esters is 10. The van der Waals surface area contributed by atoms with Crippen molar-refractivity contribution in [3.8, 4) is 212 Å². The first-order chi connectivity index (χ1) is 63.1. The smallest absolute Gasteiger partial charge is 0.344 e. The van der Waals surface area contributed by atoms with Gasteiger partial charge in [0.15, 0.2) is 151 Å². The van der Waals surface area contributed by atoms with E-state index in [1.54, 1.807) is 0 Å². The summed E-state index contributed by atoms with van der Waals surface area (Å²) in [5.74, 6) is -67.0. The standard InChI is InChI=1S/C82H56O52/c83-26-1-16(2-27(84)47(26)95)71(112)129-67-65-39(14-122-74(115)21-9-33(90)51(99)58(106)42(21)44-23(77(118)127-65)11-35(92)53(101)60(44)108)125-81(69(67)131-72(113)17-3-28(85)48(96)29(86)4-17)133-73(114)18-5-30(87)49(97)38(6-18)124-64-25(13-37(94)56(104)63(64)111)79(120)134-82-70-68(130-76(117)20-8-32(89)50(98)57(105)41(20)19-7-31(88)55(103)62(110)46(19)80(121)132-70)66-40(126-82)15-123-75(116)22-10-34(91)52(100)59(107)43(22)45-24(78(119)128-66)12-36(93)54(102)61(45)109/h1-13,39-40,65-70,81-111H,14-15H2/t39-,40-,65-,66-,67+,68+,69-,70-,81+,82-/m1/s1. The molecule has 52 heteroatoms. The van der Waals surface area contributed by atoms with Gasteiger partial charge in [0.05, 0.1) is 44.5 Å². The van der Waals surface area contributed by atoms with Gasteiger partial charge in [-0.1, -0.05) is 0 Å². The molecule has 0 amide bonds. The SMILES string of the molecule is O=C(O[C@@H]1O[C@@H]2COC(=O)c3cc(O)c(O)c(O)c3-c3c(cc(O)c(O)c3O)C(=O)O[C@H]2[C@H](OC(=O)c2cc(O)c(O)c(O)c2)[C@H]1OC(=O)c1cc(O)c(O)c(O)c1)c1cc(O)c(O)c(Oc2c(C(=O)O[C@H]3O[C@@H]4COC(=O)c5cc(O)c(O)c(O)c5-c5c(cc(O)c(O)c5O)C(=O)O[C@H]4[C@@H]4OC(=O)c5cc(O)c(O)c(O)c5-c5cc(O)c(O)c(O)c5C(=O)O[C@@H]34)cc(O)c(O)c2O)c1. The molecular weight excluding hydrogens is 1820 g/mol. The minimum atomic E-state index is -3.11. The number of phenols is 29. The molecular formula is C82H56O52. The van der Waals surface area contributed by atoms with Gasteiger partial charge < -0.3 is 210 Å². The van der Waals surface area contributed by atoms with E-state index < -0.39 is 402 Å². The molecule has 134 heavy (non-hydrogen) atoms. The molecule has 0 spiro atoms. The average molecular weight is 1870 g/mol. The molecule has 0 radical (unpaired) electrons. The van der Waals surface area contributed by atoms with Gasteiger partial charge in [-0.2, -0.15) is 0 Å². The third kappa shape index (κ3) is 15.0. The molecule has 52 nitrogen and oxygen atoms in total. The van der Waals surface area contributed by atoms with Gasteiger partial charge in [0, 0.05) is 39.4 Å².